The highest BCUT2D eigenvalue weighted by molar-refractivity contribution is 5.30. The standard InChI is InChI=1S/C29H35NO/c1-3-9-24(10-4-1)11-7-8-22-30-28-18-14-26(15-19-28)27-16-20-29(21-17-27)31-23-25-12-5-2-6-13-25/h1-6,9-10,12-13,16-17,20-21,26,28,30H,7-8,11,14-15,18-19,22-23H2. The van der Waals surface area contributed by atoms with Crippen molar-refractivity contribution in [2.75, 3.05) is 6.54 Å². The highest BCUT2D eigenvalue weighted by Gasteiger charge is 2.21. The van der Waals surface area contributed by atoms with Crippen LogP contribution in [-0.2, 0) is 13.0 Å². The molecule has 31 heavy (non-hydrogen) atoms. The maximum Gasteiger partial charge on any atom is 0.119 e. The zero-order valence-electron chi connectivity index (χ0n) is 18.5. The first-order chi connectivity index (χ1) is 15.4. The first-order valence-corrected chi connectivity index (χ1v) is 11.9. The number of rotatable bonds is 10. The third-order valence-electron chi connectivity index (χ3n) is 6.50. The fourth-order valence-corrected chi connectivity index (χ4v) is 4.61. The van der Waals surface area contributed by atoms with E-state index in [0.717, 1.165) is 12.3 Å². The van der Waals surface area contributed by atoms with Crippen molar-refractivity contribution in [3.8, 4) is 5.75 Å². The number of benzene rings is 3. The molecule has 0 saturated heterocycles. The Hall–Kier alpha value is -2.58. The Morgan fingerprint density at radius 2 is 1.32 bits per heavy atom. The number of aryl methyl sites for hydroxylation is 1. The molecular weight excluding hydrogens is 378 g/mol. The molecule has 0 amide bonds. The number of unbranched alkanes of at least 4 members (excludes halogenated alkanes) is 1. The molecule has 1 saturated carbocycles. The van der Waals surface area contributed by atoms with Gasteiger partial charge in [-0.1, -0.05) is 72.8 Å². The van der Waals surface area contributed by atoms with Crippen LogP contribution >= 0.6 is 0 Å². The van der Waals surface area contributed by atoms with Crippen LogP contribution in [0.3, 0.4) is 0 Å². The van der Waals surface area contributed by atoms with Gasteiger partial charge in [0.15, 0.2) is 0 Å². The minimum Gasteiger partial charge on any atom is -0.489 e. The third kappa shape index (κ3) is 6.97. The molecule has 4 rings (SSSR count). The van der Waals surface area contributed by atoms with Gasteiger partial charge in [0.25, 0.3) is 0 Å². The van der Waals surface area contributed by atoms with E-state index in [0.29, 0.717) is 18.6 Å². The second kappa shape index (κ2) is 11.7. The van der Waals surface area contributed by atoms with E-state index < -0.39 is 0 Å². The average Bonchev–Trinajstić information content (AvgIpc) is 2.85. The van der Waals surface area contributed by atoms with Gasteiger partial charge in [0, 0.05) is 6.04 Å². The SMILES string of the molecule is c1ccc(CCCCNC2CCC(c3ccc(OCc4ccccc4)cc3)CC2)cc1. The van der Waals surface area contributed by atoms with Crippen LogP contribution in [-0.4, -0.2) is 12.6 Å². The Bertz CT molecular complexity index is 868. The van der Waals surface area contributed by atoms with Crippen LogP contribution in [0, 0.1) is 0 Å². The van der Waals surface area contributed by atoms with Crippen LogP contribution in [0.2, 0.25) is 0 Å². The molecule has 2 heteroatoms. The summed E-state index contributed by atoms with van der Waals surface area (Å²) in [7, 11) is 0. The van der Waals surface area contributed by atoms with Crippen LogP contribution in [0.5, 0.6) is 5.75 Å². The fourth-order valence-electron chi connectivity index (χ4n) is 4.61. The molecule has 1 N–H and O–H groups in total. The zero-order chi connectivity index (χ0) is 21.1. The fraction of sp³-hybridized carbons (Fsp3) is 0.379. The van der Waals surface area contributed by atoms with E-state index in [9.17, 15) is 0 Å². The molecule has 1 fully saturated rings. The van der Waals surface area contributed by atoms with Crippen LogP contribution in [0.1, 0.15) is 61.1 Å². The lowest BCUT2D eigenvalue weighted by Gasteiger charge is -2.29. The number of hydrogen-bond acceptors (Lipinski definition) is 2. The topological polar surface area (TPSA) is 21.3 Å². The highest BCUT2D eigenvalue weighted by Crippen LogP contribution is 2.33. The number of nitrogens with one attached hydrogen (secondary N) is 1. The summed E-state index contributed by atoms with van der Waals surface area (Å²) in [6.45, 7) is 1.78. The van der Waals surface area contributed by atoms with E-state index in [4.69, 9.17) is 4.74 Å². The molecule has 1 aliphatic carbocycles. The Balaban J connectivity index is 1.12. The molecular formula is C29H35NO. The molecule has 1 aliphatic rings. The Morgan fingerprint density at radius 1 is 0.677 bits per heavy atom. The summed E-state index contributed by atoms with van der Waals surface area (Å²) in [4.78, 5) is 0. The first-order valence-electron chi connectivity index (χ1n) is 11.9. The van der Waals surface area contributed by atoms with Crippen molar-refractivity contribution in [2.45, 2.75) is 63.5 Å². The summed E-state index contributed by atoms with van der Waals surface area (Å²) in [5, 5.41) is 3.80. The molecule has 0 atom stereocenters. The lowest BCUT2D eigenvalue weighted by molar-refractivity contribution is 0.305. The number of hydrogen-bond donors (Lipinski definition) is 1. The first kappa shape index (κ1) is 21.6. The summed E-state index contributed by atoms with van der Waals surface area (Å²) in [5.41, 5.74) is 4.13. The molecule has 0 bridgehead atoms. The summed E-state index contributed by atoms with van der Waals surface area (Å²) < 4.78 is 5.93. The van der Waals surface area contributed by atoms with Gasteiger partial charge in [-0.15, -0.1) is 0 Å². The van der Waals surface area contributed by atoms with Crippen molar-refractivity contribution in [1.82, 2.24) is 5.32 Å². The van der Waals surface area contributed by atoms with Crippen molar-refractivity contribution >= 4 is 0 Å². The smallest absolute Gasteiger partial charge is 0.119 e. The molecule has 2 nitrogen and oxygen atoms in total. The van der Waals surface area contributed by atoms with Gasteiger partial charge in [0.2, 0.25) is 0 Å². The maximum absolute atomic E-state index is 5.93. The van der Waals surface area contributed by atoms with Crippen molar-refractivity contribution in [1.29, 1.82) is 0 Å². The van der Waals surface area contributed by atoms with Crippen molar-refractivity contribution in [3.05, 3.63) is 102 Å². The minimum atomic E-state index is 0.627. The predicted octanol–water partition coefficient (Wildman–Crippen LogP) is 6.90. The molecule has 162 valence electrons. The van der Waals surface area contributed by atoms with Crippen molar-refractivity contribution in [3.63, 3.8) is 0 Å². The van der Waals surface area contributed by atoms with Crippen LogP contribution in [0.15, 0.2) is 84.9 Å². The van der Waals surface area contributed by atoms with E-state index in [-0.39, 0.29) is 0 Å². The Labute approximate surface area is 187 Å². The Kier molecular flexibility index (Phi) is 8.18. The largest absolute Gasteiger partial charge is 0.489 e. The normalized spacial score (nSPS) is 18.6. The maximum atomic E-state index is 5.93. The zero-order valence-corrected chi connectivity index (χ0v) is 18.5. The van der Waals surface area contributed by atoms with Gasteiger partial charge in [-0.2, -0.15) is 0 Å². The van der Waals surface area contributed by atoms with E-state index in [1.165, 1.54) is 61.6 Å². The molecule has 0 aromatic heterocycles. The van der Waals surface area contributed by atoms with E-state index in [1.54, 1.807) is 0 Å². The van der Waals surface area contributed by atoms with Crippen LogP contribution < -0.4 is 10.1 Å². The minimum absolute atomic E-state index is 0.627. The van der Waals surface area contributed by atoms with E-state index in [2.05, 4.69) is 84.2 Å². The van der Waals surface area contributed by atoms with Crippen molar-refractivity contribution < 1.29 is 4.74 Å². The van der Waals surface area contributed by atoms with Crippen molar-refractivity contribution in [2.24, 2.45) is 0 Å². The lowest BCUT2D eigenvalue weighted by atomic mass is 9.81. The average molecular weight is 414 g/mol. The molecule has 0 unspecified atom stereocenters. The van der Waals surface area contributed by atoms with Gasteiger partial charge < -0.3 is 10.1 Å². The Morgan fingerprint density at radius 3 is 2.00 bits per heavy atom. The monoisotopic (exact) mass is 413 g/mol. The second-order valence-electron chi connectivity index (χ2n) is 8.79. The molecule has 0 radical (unpaired) electrons. The quantitative estimate of drug-likeness (QED) is 0.365. The van der Waals surface area contributed by atoms with Crippen LogP contribution in [0.25, 0.3) is 0 Å². The summed E-state index contributed by atoms with van der Waals surface area (Å²) in [6.07, 6.45) is 8.87. The van der Waals surface area contributed by atoms with Gasteiger partial charge in [0.1, 0.15) is 12.4 Å². The molecule has 0 spiro atoms. The second-order valence-corrected chi connectivity index (χ2v) is 8.79. The molecule has 0 heterocycles. The molecule has 3 aromatic rings. The van der Waals surface area contributed by atoms with Gasteiger partial charge in [-0.25, -0.2) is 0 Å². The molecule has 0 aliphatic heterocycles. The van der Waals surface area contributed by atoms with Gasteiger partial charge >= 0.3 is 0 Å². The van der Waals surface area contributed by atoms with E-state index in [1.807, 2.05) is 6.07 Å². The summed E-state index contributed by atoms with van der Waals surface area (Å²) in [6, 6.07) is 30.7. The van der Waals surface area contributed by atoms with Gasteiger partial charge in [-0.05, 0) is 86.2 Å². The predicted molar refractivity (Wildman–Crippen MR) is 130 cm³/mol. The third-order valence-corrected chi connectivity index (χ3v) is 6.50. The summed E-state index contributed by atoms with van der Waals surface area (Å²) >= 11 is 0. The molecule has 3 aromatic carbocycles. The van der Waals surface area contributed by atoms with Gasteiger partial charge in [0.05, 0.1) is 0 Å². The van der Waals surface area contributed by atoms with E-state index >= 15 is 0 Å². The number of ether oxygens (including phenoxy) is 1. The highest BCUT2D eigenvalue weighted by atomic mass is 16.5. The van der Waals surface area contributed by atoms with Crippen LogP contribution in [0.4, 0.5) is 0 Å². The van der Waals surface area contributed by atoms with Gasteiger partial charge in [-0.3, -0.25) is 0 Å². The summed E-state index contributed by atoms with van der Waals surface area (Å²) in [5.74, 6) is 1.65. The lowest BCUT2D eigenvalue weighted by Crippen LogP contribution is -2.33.